The highest BCUT2D eigenvalue weighted by molar-refractivity contribution is 5.92. The summed E-state index contributed by atoms with van der Waals surface area (Å²) in [5.41, 5.74) is 10.2. The average molecular weight is 244 g/mol. The standard InChI is InChI=1S/C11H11F3N2O/c12-11(13,14)9-3-1-7(2-4-9)5-8(6-15)10(16)17/h1-4,6H,5,15H2,(H2,16,17). The maximum atomic E-state index is 12.3. The first kappa shape index (κ1) is 13.1. The number of alkyl halides is 3. The van der Waals surface area contributed by atoms with E-state index < -0.39 is 17.6 Å². The Balaban J connectivity index is 2.86. The highest BCUT2D eigenvalue weighted by Gasteiger charge is 2.29. The Kier molecular flexibility index (Phi) is 3.77. The van der Waals surface area contributed by atoms with Gasteiger partial charge in [0, 0.05) is 18.2 Å². The molecule has 0 aromatic heterocycles. The Morgan fingerprint density at radius 2 is 1.76 bits per heavy atom. The van der Waals surface area contributed by atoms with Gasteiger partial charge in [-0.1, -0.05) is 12.1 Å². The highest BCUT2D eigenvalue weighted by Crippen LogP contribution is 2.29. The lowest BCUT2D eigenvalue weighted by Gasteiger charge is -2.08. The molecular formula is C11H11F3N2O. The third-order valence-electron chi connectivity index (χ3n) is 2.19. The van der Waals surface area contributed by atoms with E-state index >= 15 is 0 Å². The van der Waals surface area contributed by atoms with Crippen LogP contribution in [0.25, 0.3) is 0 Å². The van der Waals surface area contributed by atoms with Gasteiger partial charge in [-0.2, -0.15) is 13.2 Å². The second-order valence-electron chi connectivity index (χ2n) is 3.43. The molecule has 0 unspecified atom stereocenters. The van der Waals surface area contributed by atoms with Crippen LogP contribution in [0.4, 0.5) is 13.2 Å². The fourth-order valence-corrected chi connectivity index (χ4v) is 1.26. The quantitative estimate of drug-likeness (QED) is 0.792. The van der Waals surface area contributed by atoms with E-state index in [0.29, 0.717) is 5.56 Å². The summed E-state index contributed by atoms with van der Waals surface area (Å²) in [4.78, 5) is 10.9. The van der Waals surface area contributed by atoms with Gasteiger partial charge in [-0.15, -0.1) is 0 Å². The normalized spacial score (nSPS) is 12.5. The SMILES string of the molecule is NC=C(Cc1ccc(C(F)(F)F)cc1)C(N)=O. The van der Waals surface area contributed by atoms with Crippen LogP contribution < -0.4 is 11.5 Å². The van der Waals surface area contributed by atoms with Crippen LogP contribution in [0.3, 0.4) is 0 Å². The van der Waals surface area contributed by atoms with Crippen molar-refractivity contribution < 1.29 is 18.0 Å². The Hall–Kier alpha value is -1.98. The monoisotopic (exact) mass is 244 g/mol. The van der Waals surface area contributed by atoms with Crippen LogP contribution >= 0.6 is 0 Å². The minimum atomic E-state index is -4.37. The fraction of sp³-hybridized carbons (Fsp3) is 0.182. The summed E-state index contributed by atoms with van der Waals surface area (Å²) in [6.07, 6.45) is -3.20. The molecule has 0 aliphatic heterocycles. The molecule has 0 bridgehead atoms. The van der Waals surface area contributed by atoms with Gasteiger partial charge >= 0.3 is 6.18 Å². The maximum absolute atomic E-state index is 12.3. The number of halogens is 3. The van der Waals surface area contributed by atoms with Crippen molar-refractivity contribution in [2.45, 2.75) is 12.6 Å². The molecule has 17 heavy (non-hydrogen) atoms. The zero-order valence-corrected chi connectivity index (χ0v) is 8.79. The molecule has 1 aromatic carbocycles. The first-order chi connectivity index (χ1) is 7.84. The number of benzene rings is 1. The number of nitrogens with two attached hydrogens (primary N) is 2. The smallest absolute Gasteiger partial charge is 0.404 e. The third kappa shape index (κ3) is 3.51. The Morgan fingerprint density at radius 3 is 2.12 bits per heavy atom. The van der Waals surface area contributed by atoms with Crippen LogP contribution in [0, 0.1) is 0 Å². The molecule has 0 spiro atoms. The van der Waals surface area contributed by atoms with Crippen molar-refractivity contribution in [1.82, 2.24) is 0 Å². The molecule has 0 saturated carbocycles. The van der Waals surface area contributed by atoms with E-state index in [1.807, 2.05) is 0 Å². The van der Waals surface area contributed by atoms with E-state index in [-0.39, 0.29) is 12.0 Å². The number of hydrogen-bond donors (Lipinski definition) is 2. The second-order valence-corrected chi connectivity index (χ2v) is 3.43. The molecule has 1 rings (SSSR count). The van der Waals surface area contributed by atoms with Crippen LogP contribution in [-0.4, -0.2) is 5.91 Å². The molecule has 0 heterocycles. The van der Waals surface area contributed by atoms with Gasteiger partial charge < -0.3 is 11.5 Å². The minimum absolute atomic E-state index is 0.115. The van der Waals surface area contributed by atoms with Gasteiger partial charge in [0.1, 0.15) is 0 Å². The summed E-state index contributed by atoms with van der Waals surface area (Å²) < 4.78 is 36.8. The largest absolute Gasteiger partial charge is 0.416 e. The van der Waals surface area contributed by atoms with Gasteiger partial charge in [0.2, 0.25) is 5.91 Å². The number of carbonyl (C=O) groups excluding carboxylic acids is 1. The van der Waals surface area contributed by atoms with Gasteiger partial charge in [0.25, 0.3) is 0 Å². The van der Waals surface area contributed by atoms with Crippen LogP contribution in [0.2, 0.25) is 0 Å². The van der Waals surface area contributed by atoms with E-state index in [1.165, 1.54) is 12.1 Å². The number of hydrogen-bond acceptors (Lipinski definition) is 2. The van der Waals surface area contributed by atoms with Crippen LogP contribution in [0.1, 0.15) is 11.1 Å². The predicted molar refractivity (Wildman–Crippen MR) is 56.6 cm³/mol. The summed E-state index contributed by atoms with van der Waals surface area (Å²) in [7, 11) is 0. The lowest BCUT2D eigenvalue weighted by atomic mass is 10.0. The van der Waals surface area contributed by atoms with Gasteiger partial charge in [-0.05, 0) is 17.7 Å². The molecule has 92 valence electrons. The van der Waals surface area contributed by atoms with Crippen molar-refractivity contribution in [3.05, 3.63) is 47.2 Å². The Labute approximate surface area is 95.9 Å². The predicted octanol–water partition coefficient (Wildman–Crippen LogP) is 1.58. The lowest BCUT2D eigenvalue weighted by molar-refractivity contribution is -0.137. The molecule has 0 radical (unpaired) electrons. The zero-order valence-electron chi connectivity index (χ0n) is 8.79. The van der Waals surface area contributed by atoms with E-state index in [4.69, 9.17) is 11.5 Å². The van der Waals surface area contributed by atoms with Gasteiger partial charge in [-0.25, -0.2) is 0 Å². The van der Waals surface area contributed by atoms with E-state index in [1.54, 1.807) is 0 Å². The maximum Gasteiger partial charge on any atom is 0.416 e. The number of amides is 1. The van der Waals surface area contributed by atoms with Gasteiger partial charge in [0.05, 0.1) is 5.56 Å². The van der Waals surface area contributed by atoms with Crippen molar-refractivity contribution in [2.75, 3.05) is 0 Å². The third-order valence-corrected chi connectivity index (χ3v) is 2.19. The molecule has 1 amide bonds. The first-order valence-electron chi connectivity index (χ1n) is 4.71. The molecule has 1 aromatic rings. The van der Waals surface area contributed by atoms with E-state index in [2.05, 4.69) is 0 Å². The van der Waals surface area contributed by atoms with Crippen LogP contribution in [-0.2, 0) is 17.4 Å². The zero-order chi connectivity index (χ0) is 13.1. The van der Waals surface area contributed by atoms with Crippen molar-refractivity contribution in [3.8, 4) is 0 Å². The minimum Gasteiger partial charge on any atom is -0.404 e. The number of primary amides is 1. The summed E-state index contributed by atoms with van der Waals surface area (Å²) >= 11 is 0. The van der Waals surface area contributed by atoms with Crippen molar-refractivity contribution in [3.63, 3.8) is 0 Å². The summed E-state index contributed by atoms with van der Waals surface area (Å²) in [5, 5.41) is 0. The van der Waals surface area contributed by atoms with Crippen molar-refractivity contribution >= 4 is 5.91 Å². The molecule has 0 aliphatic carbocycles. The number of rotatable bonds is 3. The molecule has 0 aliphatic rings. The van der Waals surface area contributed by atoms with Crippen LogP contribution in [0.15, 0.2) is 36.0 Å². The summed E-state index contributed by atoms with van der Waals surface area (Å²) in [5.74, 6) is -0.688. The summed E-state index contributed by atoms with van der Waals surface area (Å²) in [6, 6.07) is 4.47. The second kappa shape index (κ2) is 4.90. The Morgan fingerprint density at radius 1 is 1.24 bits per heavy atom. The molecule has 4 N–H and O–H groups in total. The molecular weight excluding hydrogens is 233 g/mol. The average Bonchev–Trinajstić information content (AvgIpc) is 2.25. The summed E-state index contributed by atoms with van der Waals surface area (Å²) in [6.45, 7) is 0. The van der Waals surface area contributed by atoms with Gasteiger partial charge in [0.15, 0.2) is 0 Å². The lowest BCUT2D eigenvalue weighted by Crippen LogP contribution is -2.17. The number of carbonyl (C=O) groups is 1. The molecule has 0 saturated heterocycles. The molecule has 0 fully saturated rings. The topological polar surface area (TPSA) is 69.1 Å². The molecule has 6 heteroatoms. The van der Waals surface area contributed by atoms with Crippen molar-refractivity contribution in [2.24, 2.45) is 11.5 Å². The molecule has 0 atom stereocenters. The van der Waals surface area contributed by atoms with Gasteiger partial charge in [-0.3, -0.25) is 4.79 Å². The Bertz CT molecular complexity index is 435. The van der Waals surface area contributed by atoms with E-state index in [9.17, 15) is 18.0 Å². The van der Waals surface area contributed by atoms with Crippen LogP contribution in [0.5, 0.6) is 0 Å². The highest BCUT2D eigenvalue weighted by atomic mass is 19.4. The molecule has 3 nitrogen and oxygen atoms in total. The van der Waals surface area contributed by atoms with E-state index in [0.717, 1.165) is 18.3 Å². The first-order valence-corrected chi connectivity index (χ1v) is 4.71. The fourth-order valence-electron chi connectivity index (χ4n) is 1.26. The van der Waals surface area contributed by atoms with Crippen molar-refractivity contribution in [1.29, 1.82) is 0 Å².